The van der Waals surface area contributed by atoms with E-state index in [1.54, 1.807) is 43.5 Å². The van der Waals surface area contributed by atoms with Gasteiger partial charge in [-0.2, -0.15) is 0 Å². The number of rotatable bonds is 9. The zero-order chi connectivity index (χ0) is 59.1. The van der Waals surface area contributed by atoms with Gasteiger partial charge in [-0.05, 0) is 136 Å². The van der Waals surface area contributed by atoms with E-state index in [2.05, 4.69) is 286 Å². The molecule has 8 aromatic heterocycles. The van der Waals surface area contributed by atoms with Gasteiger partial charge in [-0.15, -0.1) is 0 Å². The number of nitrogens with zero attached hydrogens (tertiary/aromatic N) is 11. The van der Waals surface area contributed by atoms with E-state index in [4.69, 9.17) is 4.98 Å². The normalized spacial score (nSPS) is 11.8. The van der Waals surface area contributed by atoms with Crippen molar-refractivity contribution < 1.29 is 18.3 Å². The molecule has 0 amide bonds. The van der Waals surface area contributed by atoms with Crippen molar-refractivity contribution in [3.05, 3.63) is 272 Å². The van der Waals surface area contributed by atoms with Gasteiger partial charge in [0.25, 0.3) is 0 Å². The van der Waals surface area contributed by atoms with Crippen LogP contribution in [0.5, 0.6) is 0 Å². The lowest BCUT2D eigenvalue weighted by molar-refractivity contribution is -0.660. The van der Waals surface area contributed by atoms with Crippen LogP contribution in [0.3, 0.4) is 0 Å². The number of pyridine rings is 5. The molecule has 1 aliphatic carbocycles. The molecule has 420 valence electrons. The van der Waals surface area contributed by atoms with Gasteiger partial charge < -0.3 is 0 Å². The fourth-order valence-corrected chi connectivity index (χ4v) is 11.0. The standard InChI is InChI=1S/C23H25N2.3C17H16N3/c1-17-8-3-6-11-20(17)23-15-14-19(16-25(23)2)22-13-7-12-21(24-22)18-9-4-5-10-18;1-13-6-3-4-7-15(13)16-9-8-14(12-20(16)2)17-18-10-5-11-19-17;1-13-5-3-4-6-15(13)17-8-7-14(12-20(17)2)16-11-18-9-10-19-16;1-13-5-3-4-6-15(13)17-8-7-14(11-20(17)2)16-9-10-18-12-19-16/h3,6-8,11-16,18H,4-5,9-10H2,1-2H3;3*3-12H,1-2H3/q4*+1. The molecule has 0 unspecified atom stereocenters. The van der Waals surface area contributed by atoms with Crippen LogP contribution in [0.1, 0.15) is 59.5 Å². The largest absolute Gasteiger partial charge is 0.261 e. The summed E-state index contributed by atoms with van der Waals surface area (Å²) >= 11 is 0. The molecular weight excluding hydrogens is 1040 g/mol. The molecule has 11 nitrogen and oxygen atoms in total. The van der Waals surface area contributed by atoms with Gasteiger partial charge in [0.1, 0.15) is 34.5 Å². The van der Waals surface area contributed by atoms with Crippen LogP contribution in [0.25, 0.3) is 90.2 Å². The molecular formula is C74H73N11+4. The Morgan fingerprint density at radius 1 is 0.341 bits per heavy atom. The molecule has 1 fully saturated rings. The number of benzene rings is 4. The molecule has 85 heavy (non-hydrogen) atoms. The van der Waals surface area contributed by atoms with Gasteiger partial charge >= 0.3 is 0 Å². The van der Waals surface area contributed by atoms with Gasteiger partial charge in [-0.25, -0.2) is 38.2 Å². The summed E-state index contributed by atoms with van der Waals surface area (Å²) in [6.07, 6.45) is 25.8. The first-order valence-electron chi connectivity index (χ1n) is 29.0. The molecule has 0 radical (unpaired) electrons. The predicted molar refractivity (Wildman–Crippen MR) is 339 cm³/mol. The number of aryl methyl sites for hydroxylation is 8. The predicted octanol–water partition coefficient (Wildman–Crippen LogP) is 14.0. The lowest BCUT2D eigenvalue weighted by Gasteiger charge is -2.10. The third kappa shape index (κ3) is 14.4. The Bertz CT molecular complexity index is 3870. The van der Waals surface area contributed by atoms with Crippen molar-refractivity contribution in [3.63, 3.8) is 0 Å². The summed E-state index contributed by atoms with van der Waals surface area (Å²) in [7, 11) is 8.29. The van der Waals surface area contributed by atoms with Gasteiger partial charge in [-0.1, -0.05) is 91.7 Å². The summed E-state index contributed by atoms with van der Waals surface area (Å²) < 4.78 is 8.60. The van der Waals surface area contributed by atoms with Crippen LogP contribution < -0.4 is 18.3 Å². The monoisotopic (exact) mass is 1120 g/mol. The molecule has 11 heteroatoms. The summed E-state index contributed by atoms with van der Waals surface area (Å²) in [5.41, 5.74) is 23.5. The molecule has 0 atom stereocenters. The van der Waals surface area contributed by atoms with Gasteiger partial charge in [-0.3, -0.25) is 15.0 Å². The van der Waals surface area contributed by atoms with Gasteiger partial charge in [0, 0.05) is 89.1 Å². The first kappa shape index (κ1) is 58.1. The minimum atomic E-state index is 0.653. The average molecular weight is 1120 g/mol. The van der Waals surface area contributed by atoms with Gasteiger partial charge in [0.05, 0.1) is 45.5 Å². The van der Waals surface area contributed by atoms with Crippen molar-refractivity contribution in [1.82, 2.24) is 34.9 Å². The molecule has 4 aromatic carbocycles. The molecule has 0 bridgehead atoms. The van der Waals surface area contributed by atoms with E-state index in [-0.39, 0.29) is 0 Å². The van der Waals surface area contributed by atoms with Gasteiger partial charge in [0.15, 0.2) is 30.6 Å². The summed E-state index contributed by atoms with van der Waals surface area (Å²) in [5, 5.41) is 0. The maximum absolute atomic E-state index is 4.97. The maximum atomic E-state index is 4.97. The van der Waals surface area contributed by atoms with Crippen molar-refractivity contribution in [2.45, 2.75) is 59.3 Å². The highest BCUT2D eigenvalue weighted by atomic mass is 15.0. The van der Waals surface area contributed by atoms with Crippen LogP contribution in [-0.2, 0) is 28.2 Å². The second kappa shape index (κ2) is 27.8. The Hall–Kier alpha value is -10.1. The Balaban J connectivity index is 0.000000127. The third-order valence-electron chi connectivity index (χ3n) is 15.6. The SMILES string of the molecule is Cc1ccccc1-c1ccc(-c2cccc(C3CCCC3)n2)c[n+]1C.Cc1ccccc1-c1ccc(-c2ccncn2)c[n+]1C.Cc1ccccc1-c1ccc(-c2cnccn2)c[n+]1C.Cc1ccccc1-c1ccc(-c2ncccn2)c[n+]1C. The van der Waals surface area contributed by atoms with Crippen molar-refractivity contribution in [1.29, 1.82) is 0 Å². The maximum Gasteiger partial charge on any atom is 0.212 e. The van der Waals surface area contributed by atoms with Crippen LogP contribution in [0.2, 0.25) is 0 Å². The zero-order valence-corrected chi connectivity index (χ0v) is 49.9. The van der Waals surface area contributed by atoms with Crippen LogP contribution in [0.15, 0.2) is 244 Å². The third-order valence-corrected chi connectivity index (χ3v) is 15.6. The van der Waals surface area contributed by atoms with Crippen molar-refractivity contribution >= 4 is 0 Å². The van der Waals surface area contributed by atoms with E-state index in [1.807, 2.05) is 19.2 Å². The number of hydrogen-bond acceptors (Lipinski definition) is 7. The van der Waals surface area contributed by atoms with Crippen molar-refractivity contribution in [3.8, 4) is 90.2 Å². The first-order chi connectivity index (χ1) is 41.5. The second-order valence-corrected chi connectivity index (χ2v) is 21.6. The number of hydrogen-bond donors (Lipinski definition) is 0. The minimum absolute atomic E-state index is 0.653. The Labute approximate surface area is 500 Å². The Kier molecular flexibility index (Phi) is 19.0. The molecule has 12 aromatic rings. The highest BCUT2D eigenvalue weighted by Gasteiger charge is 2.21. The second-order valence-electron chi connectivity index (χ2n) is 21.6. The molecule has 0 saturated heterocycles. The lowest BCUT2D eigenvalue weighted by atomic mass is 10.0. The van der Waals surface area contributed by atoms with E-state index in [0.29, 0.717) is 5.92 Å². The fourth-order valence-electron chi connectivity index (χ4n) is 11.0. The molecule has 13 rings (SSSR count). The quantitative estimate of drug-likeness (QED) is 0.133. The van der Waals surface area contributed by atoms with Crippen LogP contribution in [0.4, 0.5) is 0 Å². The lowest BCUT2D eigenvalue weighted by Crippen LogP contribution is -2.31. The first-order valence-corrected chi connectivity index (χ1v) is 29.0. The summed E-state index contributed by atoms with van der Waals surface area (Å²) in [6, 6.07) is 61.0. The van der Waals surface area contributed by atoms with E-state index in [1.165, 1.54) is 104 Å². The number of aromatic nitrogens is 11. The van der Waals surface area contributed by atoms with Crippen molar-refractivity contribution in [2.75, 3.05) is 0 Å². The van der Waals surface area contributed by atoms with E-state index < -0.39 is 0 Å². The molecule has 0 N–H and O–H groups in total. The van der Waals surface area contributed by atoms with Crippen LogP contribution in [-0.4, -0.2) is 34.9 Å². The topological polar surface area (TPSA) is 106 Å². The summed E-state index contributed by atoms with van der Waals surface area (Å²) in [4.78, 5) is 30.2. The van der Waals surface area contributed by atoms with E-state index >= 15 is 0 Å². The van der Waals surface area contributed by atoms with E-state index in [0.717, 1.165) is 39.6 Å². The molecule has 1 saturated carbocycles. The average Bonchev–Trinajstić information content (AvgIpc) is 3.96. The van der Waals surface area contributed by atoms with Crippen molar-refractivity contribution in [2.24, 2.45) is 28.2 Å². The fraction of sp³-hybridized carbons (Fsp3) is 0.176. The summed E-state index contributed by atoms with van der Waals surface area (Å²) in [5.74, 6) is 1.40. The smallest absolute Gasteiger partial charge is 0.212 e. The molecule has 1 aliphatic rings. The van der Waals surface area contributed by atoms with Gasteiger partial charge in [0.2, 0.25) is 22.8 Å². The minimum Gasteiger partial charge on any atom is -0.261 e. The Morgan fingerprint density at radius 3 is 1.20 bits per heavy atom. The van der Waals surface area contributed by atoms with Crippen LogP contribution in [0, 0.1) is 27.7 Å². The zero-order valence-electron chi connectivity index (χ0n) is 49.9. The molecule has 8 heterocycles. The molecule has 0 aliphatic heterocycles. The Morgan fingerprint density at radius 2 is 0.776 bits per heavy atom. The highest BCUT2D eigenvalue weighted by molar-refractivity contribution is 5.67. The molecule has 0 spiro atoms. The van der Waals surface area contributed by atoms with Crippen LogP contribution >= 0.6 is 0 Å². The summed E-state index contributed by atoms with van der Waals surface area (Å²) in [6.45, 7) is 8.55. The van der Waals surface area contributed by atoms with E-state index in [9.17, 15) is 0 Å². The highest BCUT2D eigenvalue weighted by Crippen LogP contribution is 2.34.